The molecular weight excluding hydrogens is 422 g/mol. The summed E-state index contributed by atoms with van der Waals surface area (Å²) in [7, 11) is 4.45. The summed E-state index contributed by atoms with van der Waals surface area (Å²) in [5, 5.41) is 1.27. The summed E-state index contributed by atoms with van der Waals surface area (Å²) in [6.45, 7) is 2.75. The van der Waals surface area contributed by atoms with Gasteiger partial charge in [0.1, 0.15) is 12.4 Å². The summed E-state index contributed by atoms with van der Waals surface area (Å²) < 4.78 is 9.65. The van der Waals surface area contributed by atoms with E-state index in [9.17, 15) is 4.79 Å². The van der Waals surface area contributed by atoms with Crippen LogP contribution in [-0.4, -0.2) is 27.1 Å². The van der Waals surface area contributed by atoms with Crippen molar-refractivity contribution in [1.82, 2.24) is 14.0 Å². The molecule has 1 saturated heterocycles. The van der Waals surface area contributed by atoms with E-state index in [1.807, 2.05) is 42.5 Å². The minimum Gasteiger partial charge on any atom is -0.489 e. The van der Waals surface area contributed by atoms with Gasteiger partial charge in [0.05, 0.1) is 0 Å². The van der Waals surface area contributed by atoms with Crippen LogP contribution < -0.4 is 10.3 Å². The molecular formula is C29H30N3O2-. The number of benzene rings is 2. The molecule has 4 heterocycles. The van der Waals surface area contributed by atoms with Gasteiger partial charge in [0, 0.05) is 30.5 Å². The van der Waals surface area contributed by atoms with E-state index in [4.69, 9.17) is 4.74 Å². The fourth-order valence-corrected chi connectivity index (χ4v) is 5.73. The highest BCUT2D eigenvalue weighted by Crippen LogP contribution is 2.40. The molecule has 6 rings (SSSR count). The van der Waals surface area contributed by atoms with Crippen molar-refractivity contribution >= 4 is 10.9 Å². The van der Waals surface area contributed by atoms with Crippen molar-refractivity contribution in [3.05, 3.63) is 101 Å². The van der Waals surface area contributed by atoms with Crippen LogP contribution in [0.5, 0.6) is 5.75 Å². The minimum absolute atomic E-state index is 0.105. The van der Waals surface area contributed by atoms with Crippen molar-refractivity contribution in [2.45, 2.75) is 44.8 Å². The quantitative estimate of drug-likeness (QED) is 0.385. The van der Waals surface area contributed by atoms with Crippen molar-refractivity contribution in [3.8, 4) is 11.4 Å². The predicted octanol–water partition coefficient (Wildman–Crippen LogP) is 5.48. The second-order valence-electron chi connectivity index (χ2n) is 9.49. The molecule has 0 aliphatic carbocycles. The maximum absolute atomic E-state index is 12.9. The molecule has 34 heavy (non-hydrogen) atoms. The monoisotopic (exact) mass is 452 g/mol. The highest BCUT2D eigenvalue weighted by molar-refractivity contribution is 5.88. The highest BCUT2D eigenvalue weighted by atomic mass is 16.5. The molecule has 2 aliphatic heterocycles. The second-order valence-corrected chi connectivity index (χ2v) is 9.49. The summed E-state index contributed by atoms with van der Waals surface area (Å²) >= 11 is 0. The van der Waals surface area contributed by atoms with Gasteiger partial charge in [-0.25, -0.2) is 0 Å². The van der Waals surface area contributed by atoms with Gasteiger partial charge in [0.2, 0.25) is 0 Å². The average molecular weight is 453 g/mol. The van der Waals surface area contributed by atoms with Gasteiger partial charge in [-0.2, -0.15) is 0 Å². The van der Waals surface area contributed by atoms with Crippen LogP contribution in [-0.2, 0) is 13.0 Å². The summed E-state index contributed by atoms with van der Waals surface area (Å²) in [6.07, 6.45) is 7.96. The molecule has 0 radical (unpaired) electrons. The van der Waals surface area contributed by atoms with Gasteiger partial charge in [-0.05, 0) is 43.5 Å². The number of nitrogens with zero attached hydrogens (tertiary/aromatic N) is 3. The second kappa shape index (κ2) is 8.73. The molecule has 2 aromatic carbocycles. The zero-order chi connectivity index (χ0) is 23.1. The molecule has 0 amide bonds. The molecule has 5 heteroatoms. The van der Waals surface area contributed by atoms with Crippen LogP contribution in [0.15, 0.2) is 71.7 Å². The first kappa shape index (κ1) is 21.1. The van der Waals surface area contributed by atoms with E-state index in [0.717, 1.165) is 29.7 Å². The summed E-state index contributed by atoms with van der Waals surface area (Å²) in [6, 6.07) is 20.2. The van der Waals surface area contributed by atoms with Crippen molar-refractivity contribution < 1.29 is 4.74 Å². The number of rotatable bonds is 4. The van der Waals surface area contributed by atoms with E-state index in [0.29, 0.717) is 18.4 Å². The van der Waals surface area contributed by atoms with Crippen molar-refractivity contribution in [3.63, 3.8) is 0 Å². The molecule has 0 spiro atoms. The van der Waals surface area contributed by atoms with E-state index >= 15 is 0 Å². The van der Waals surface area contributed by atoms with Gasteiger partial charge in [0.25, 0.3) is 5.56 Å². The van der Waals surface area contributed by atoms with Crippen molar-refractivity contribution in [1.29, 1.82) is 0 Å². The number of hydrogen-bond donors (Lipinski definition) is 0. The fraction of sp³-hybridized carbons (Fsp3) is 0.310. The third kappa shape index (κ3) is 3.70. The first-order valence-corrected chi connectivity index (χ1v) is 12.3. The van der Waals surface area contributed by atoms with Gasteiger partial charge in [-0.1, -0.05) is 77.5 Å². The Balaban J connectivity index is 1.32. The first-order chi connectivity index (χ1) is 16.7. The molecule has 1 atom stereocenters. The lowest BCUT2D eigenvalue weighted by Gasteiger charge is -2.39. The highest BCUT2D eigenvalue weighted by Gasteiger charge is 2.28. The summed E-state index contributed by atoms with van der Waals surface area (Å²) in [5.74, 6) is 0.579. The van der Waals surface area contributed by atoms with Gasteiger partial charge in [0.15, 0.2) is 0 Å². The Hall–Kier alpha value is -3.44. The molecule has 174 valence electrons. The molecule has 0 bridgehead atoms. The zero-order valence-corrected chi connectivity index (χ0v) is 19.5. The Kier molecular flexibility index (Phi) is 5.42. The van der Waals surface area contributed by atoms with E-state index in [1.54, 1.807) is 16.8 Å². The van der Waals surface area contributed by atoms with E-state index in [2.05, 4.69) is 28.6 Å². The SMILES string of the molecule is [CH2-]n1c2c(c3ccc(-n4ccc(OCc5ccccc5)cc4=O)cc31)CCN1CCCCCC21. The number of hydrogen-bond acceptors (Lipinski definition) is 3. The lowest BCUT2D eigenvalue weighted by Crippen LogP contribution is -2.35. The largest absolute Gasteiger partial charge is 0.489 e. The van der Waals surface area contributed by atoms with Crippen LogP contribution in [0.2, 0.25) is 0 Å². The standard InChI is InChI=1S/C29H30N3O2/c1-30-27-18-22(32-17-13-23(19-28(32)33)34-20-21-8-4-2-5-9-21)11-12-24(27)25-14-16-31-15-7-3-6-10-26(31)29(25)30/h2,4-5,8-9,11-13,17-19,26H,1,3,6-7,10,14-16,20H2/q-1. The summed E-state index contributed by atoms with van der Waals surface area (Å²) in [5.41, 5.74) is 5.74. The fourth-order valence-electron chi connectivity index (χ4n) is 5.73. The number of ether oxygens (including phenoxy) is 1. The van der Waals surface area contributed by atoms with Gasteiger partial charge in [-0.3, -0.25) is 9.36 Å². The molecule has 2 aliphatic rings. The number of aromatic nitrogens is 2. The smallest absolute Gasteiger partial charge is 0.258 e. The molecule has 5 nitrogen and oxygen atoms in total. The average Bonchev–Trinajstić information content (AvgIpc) is 3.00. The third-order valence-electron chi connectivity index (χ3n) is 7.44. The maximum Gasteiger partial charge on any atom is 0.258 e. The topological polar surface area (TPSA) is 39.4 Å². The van der Waals surface area contributed by atoms with Crippen LogP contribution in [0.1, 0.15) is 48.5 Å². The van der Waals surface area contributed by atoms with Crippen LogP contribution in [0.4, 0.5) is 0 Å². The van der Waals surface area contributed by atoms with Gasteiger partial charge < -0.3 is 14.2 Å². The Labute approximate surface area is 200 Å². The Morgan fingerprint density at radius 2 is 1.85 bits per heavy atom. The summed E-state index contributed by atoms with van der Waals surface area (Å²) in [4.78, 5) is 15.6. The first-order valence-electron chi connectivity index (χ1n) is 12.3. The maximum atomic E-state index is 12.9. The third-order valence-corrected chi connectivity index (χ3v) is 7.44. The van der Waals surface area contributed by atoms with E-state index < -0.39 is 0 Å². The molecule has 2 aromatic heterocycles. The predicted molar refractivity (Wildman–Crippen MR) is 136 cm³/mol. The molecule has 0 saturated carbocycles. The van der Waals surface area contributed by atoms with Gasteiger partial charge in [-0.15, -0.1) is 7.05 Å². The van der Waals surface area contributed by atoms with Crippen LogP contribution >= 0.6 is 0 Å². The van der Waals surface area contributed by atoms with E-state index in [1.165, 1.54) is 48.9 Å². The van der Waals surface area contributed by atoms with Gasteiger partial charge >= 0.3 is 0 Å². The lowest BCUT2D eigenvalue weighted by molar-refractivity contribution is 0.184. The Morgan fingerprint density at radius 1 is 0.971 bits per heavy atom. The molecule has 1 unspecified atom stereocenters. The molecule has 1 fully saturated rings. The Morgan fingerprint density at radius 3 is 2.71 bits per heavy atom. The number of fused-ring (bicyclic) bond motifs is 5. The van der Waals surface area contributed by atoms with Crippen LogP contribution in [0.3, 0.4) is 0 Å². The number of pyridine rings is 1. The molecule has 4 aromatic rings. The minimum atomic E-state index is -0.105. The zero-order valence-electron chi connectivity index (χ0n) is 19.5. The Bertz CT molecular complexity index is 1390. The van der Waals surface area contributed by atoms with Crippen molar-refractivity contribution in [2.24, 2.45) is 0 Å². The van der Waals surface area contributed by atoms with Crippen molar-refractivity contribution in [2.75, 3.05) is 13.1 Å². The normalized spacial score (nSPS) is 18.3. The van der Waals surface area contributed by atoms with E-state index in [-0.39, 0.29) is 5.56 Å². The lowest BCUT2D eigenvalue weighted by atomic mass is 9.95. The molecule has 0 N–H and O–H groups in total. The van der Waals surface area contributed by atoms with Crippen LogP contribution in [0, 0.1) is 7.05 Å². The van der Waals surface area contributed by atoms with Crippen LogP contribution in [0.25, 0.3) is 16.6 Å².